The molecule has 3 heteroatoms. The van der Waals surface area contributed by atoms with Gasteiger partial charge in [-0.1, -0.05) is 32.1 Å². The lowest BCUT2D eigenvalue weighted by atomic mass is 9.82. The van der Waals surface area contributed by atoms with Gasteiger partial charge < -0.3 is 11.1 Å². The van der Waals surface area contributed by atoms with Gasteiger partial charge in [-0.2, -0.15) is 0 Å². The number of carbonyl (C=O) groups is 1. The predicted octanol–water partition coefficient (Wildman–Crippen LogP) is 1.67. The number of hydrogen-bond donors (Lipinski definition) is 2. The molecule has 0 radical (unpaired) electrons. The van der Waals surface area contributed by atoms with Crippen molar-refractivity contribution in [2.45, 2.75) is 45.4 Å². The molecule has 0 heterocycles. The average molecular weight is 212 g/mol. The molecule has 3 N–H and O–H groups in total. The summed E-state index contributed by atoms with van der Waals surface area (Å²) in [4.78, 5) is 11.7. The van der Waals surface area contributed by atoms with E-state index in [2.05, 4.69) is 5.32 Å². The number of amides is 1. The second-order valence-electron chi connectivity index (χ2n) is 4.57. The number of rotatable bonds is 5. The minimum atomic E-state index is 0.0352. The fraction of sp³-hybridized carbons (Fsp3) is 0.917. The zero-order valence-corrected chi connectivity index (χ0v) is 9.80. The fourth-order valence-corrected chi connectivity index (χ4v) is 2.45. The second kappa shape index (κ2) is 6.83. The number of carbonyl (C=O) groups excluding carboxylic acids is 1. The lowest BCUT2D eigenvalue weighted by Crippen LogP contribution is -2.36. The van der Waals surface area contributed by atoms with Gasteiger partial charge in [0, 0.05) is 13.1 Å². The largest absolute Gasteiger partial charge is 0.356 e. The smallest absolute Gasteiger partial charge is 0.224 e. The van der Waals surface area contributed by atoms with E-state index in [-0.39, 0.29) is 11.8 Å². The van der Waals surface area contributed by atoms with Crippen LogP contribution in [-0.2, 0) is 4.79 Å². The Bertz CT molecular complexity index is 188. The zero-order chi connectivity index (χ0) is 11.1. The first-order valence-electron chi connectivity index (χ1n) is 6.25. The molecule has 1 aliphatic carbocycles. The van der Waals surface area contributed by atoms with Crippen molar-refractivity contribution in [1.82, 2.24) is 5.32 Å². The molecule has 88 valence electrons. The van der Waals surface area contributed by atoms with E-state index in [1.165, 1.54) is 32.1 Å². The van der Waals surface area contributed by atoms with Crippen LogP contribution in [-0.4, -0.2) is 19.0 Å². The van der Waals surface area contributed by atoms with Crippen molar-refractivity contribution in [2.75, 3.05) is 13.1 Å². The van der Waals surface area contributed by atoms with Crippen LogP contribution in [0.1, 0.15) is 45.4 Å². The molecule has 0 spiro atoms. The molecular formula is C12H24N2O. The van der Waals surface area contributed by atoms with E-state index in [9.17, 15) is 4.79 Å². The summed E-state index contributed by atoms with van der Waals surface area (Å²) in [5.41, 5.74) is 5.66. The van der Waals surface area contributed by atoms with E-state index in [0.29, 0.717) is 13.1 Å². The summed E-state index contributed by atoms with van der Waals surface area (Å²) in [5.74, 6) is 0.911. The molecule has 1 atom stereocenters. The van der Waals surface area contributed by atoms with Crippen molar-refractivity contribution in [2.24, 2.45) is 17.6 Å². The summed E-state index contributed by atoms with van der Waals surface area (Å²) in [7, 11) is 0. The Hall–Kier alpha value is -0.570. The van der Waals surface area contributed by atoms with Gasteiger partial charge in [0.15, 0.2) is 0 Å². The highest BCUT2D eigenvalue weighted by Crippen LogP contribution is 2.28. The van der Waals surface area contributed by atoms with Crippen molar-refractivity contribution < 1.29 is 4.79 Å². The Kier molecular flexibility index (Phi) is 5.69. The predicted molar refractivity (Wildman–Crippen MR) is 62.4 cm³/mol. The molecule has 1 saturated carbocycles. The topological polar surface area (TPSA) is 55.1 Å². The van der Waals surface area contributed by atoms with Crippen LogP contribution in [0.2, 0.25) is 0 Å². The van der Waals surface area contributed by atoms with Crippen LogP contribution in [0.4, 0.5) is 0 Å². The molecule has 0 aromatic heterocycles. The van der Waals surface area contributed by atoms with E-state index >= 15 is 0 Å². The molecule has 1 aliphatic rings. The first-order chi connectivity index (χ1) is 7.27. The number of nitrogens with two attached hydrogens (primary N) is 1. The van der Waals surface area contributed by atoms with Gasteiger partial charge in [0.05, 0.1) is 5.92 Å². The van der Waals surface area contributed by atoms with Crippen molar-refractivity contribution in [3.63, 3.8) is 0 Å². The highest BCUT2D eigenvalue weighted by Gasteiger charge is 2.22. The van der Waals surface area contributed by atoms with E-state index in [4.69, 9.17) is 5.73 Å². The highest BCUT2D eigenvalue weighted by molar-refractivity contribution is 5.78. The molecule has 3 nitrogen and oxygen atoms in total. The van der Waals surface area contributed by atoms with Gasteiger partial charge >= 0.3 is 0 Å². The quantitative estimate of drug-likeness (QED) is 0.728. The third kappa shape index (κ3) is 4.20. The SMILES string of the molecule is CCNC(=O)C(CN)CC1CCCCC1. The molecule has 1 amide bonds. The maximum absolute atomic E-state index is 11.7. The molecule has 1 rings (SSSR count). The van der Waals surface area contributed by atoms with Crippen LogP contribution in [0, 0.1) is 11.8 Å². The lowest BCUT2D eigenvalue weighted by molar-refractivity contribution is -0.125. The zero-order valence-electron chi connectivity index (χ0n) is 9.80. The first-order valence-corrected chi connectivity index (χ1v) is 6.25. The first kappa shape index (κ1) is 12.5. The molecule has 0 saturated heterocycles. The van der Waals surface area contributed by atoms with Crippen molar-refractivity contribution in [3.05, 3.63) is 0 Å². The Morgan fingerprint density at radius 2 is 2.07 bits per heavy atom. The number of nitrogens with one attached hydrogen (secondary N) is 1. The third-order valence-corrected chi connectivity index (χ3v) is 3.35. The van der Waals surface area contributed by atoms with Gasteiger partial charge in [-0.05, 0) is 19.3 Å². The van der Waals surface area contributed by atoms with E-state index in [1.807, 2.05) is 6.92 Å². The van der Waals surface area contributed by atoms with Gasteiger partial charge in [0.1, 0.15) is 0 Å². The maximum atomic E-state index is 11.7. The monoisotopic (exact) mass is 212 g/mol. The van der Waals surface area contributed by atoms with Gasteiger partial charge in [0.2, 0.25) is 5.91 Å². The van der Waals surface area contributed by atoms with Crippen LogP contribution >= 0.6 is 0 Å². The minimum absolute atomic E-state index is 0.0352. The molecule has 15 heavy (non-hydrogen) atoms. The third-order valence-electron chi connectivity index (χ3n) is 3.35. The summed E-state index contributed by atoms with van der Waals surface area (Å²) in [6.07, 6.45) is 7.59. The Morgan fingerprint density at radius 1 is 1.40 bits per heavy atom. The standard InChI is InChI=1S/C12H24N2O/c1-2-14-12(15)11(9-13)8-10-6-4-3-5-7-10/h10-11H,2-9,13H2,1H3,(H,14,15). The summed E-state index contributed by atoms with van der Waals surface area (Å²) in [6, 6.07) is 0. The van der Waals surface area contributed by atoms with Gasteiger partial charge in [0.25, 0.3) is 0 Å². The summed E-state index contributed by atoms with van der Waals surface area (Å²) in [5, 5.41) is 2.87. The Morgan fingerprint density at radius 3 is 2.60 bits per heavy atom. The highest BCUT2D eigenvalue weighted by atomic mass is 16.1. The van der Waals surface area contributed by atoms with Crippen LogP contribution in [0.25, 0.3) is 0 Å². The molecule has 0 aliphatic heterocycles. The van der Waals surface area contributed by atoms with Crippen molar-refractivity contribution in [3.8, 4) is 0 Å². The van der Waals surface area contributed by atoms with Crippen molar-refractivity contribution in [1.29, 1.82) is 0 Å². The van der Waals surface area contributed by atoms with Crippen LogP contribution < -0.4 is 11.1 Å². The second-order valence-corrected chi connectivity index (χ2v) is 4.57. The Balaban J connectivity index is 2.34. The van der Waals surface area contributed by atoms with Crippen LogP contribution in [0.15, 0.2) is 0 Å². The summed E-state index contributed by atoms with van der Waals surface area (Å²) >= 11 is 0. The summed E-state index contributed by atoms with van der Waals surface area (Å²) < 4.78 is 0. The fourth-order valence-electron chi connectivity index (χ4n) is 2.45. The minimum Gasteiger partial charge on any atom is -0.356 e. The molecule has 0 aromatic carbocycles. The molecule has 0 aromatic rings. The van der Waals surface area contributed by atoms with E-state index in [0.717, 1.165) is 12.3 Å². The van der Waals surface area contributed by atoms with Crippen molar-refractivity contribution >= 4 is 5.91 Å². The molecule has 0 bridgehead atoms. The lowest BCUT2D eigenvalue weighted by Gasteiger charge is -2.25. The summed E-state index contributed by atoms with van der Waals surface area (Å²) in [6.45, 7) is 3.15. The number of hydrogen-bond acceptors (Lipinski definition) is 2. The molecule has 1 fully saturated rings. The molecule has 1 unspecified atom stereocenters. The van der Waals surface area contributed by atoms with Crippen LogP contribution in [0.3, 0.4) is 0 Å². The van der Waals surface area contributed by atoms with E-state index < -0.39 is 0 Å². The van der Waals surface area contributed by atoms with Crippen LogP contribution in [0.5, 0.6) is 0 Å². The van der Waals surface area contributed by atoms with Gasteiger partial charge in [-0.25, -0.2) is 0 Å². The normalized spacial score (nSPS) is 19.9. The van der Waals surface area contributed by atoms with Gasteiger partial charge in [-0.15, -0.1) is 0 Å². The maximum Gasteiger partial charge on any atom is 0.224 e. The Labute approximate surface area is 92.8 Å². The van der Waals surface area contributed by atoms with E-state index in [1.54, 1.807) is 0 Å². The molecular weight excluding hydrogens is 188 g/mol. The average Bonchev–Trinajstić information content (AvgIpc) is 2.27. The van der Waals surface area contributed by atoms with Gasteiger partial charge in [-0.3, -0.25) is 4.79 Å².